The summed E-state index contributed by atoms with van der Waals surface area (Å²) in [5.74, 6) is -0.173. The van der Waals surface area contributed by atoms with Gasteiger partial charge in [0.2, 0.25) is 5.91 Å². The average Bonchev–Trinajstić information content (AvgIpc) is 2.62. The van der Waals surface area contributed by atoms with Crippen molar-refractivity contribution in [2.45, 2.75) is 13.0 Å². The number of rotatable bonds is 6. The maximum atomic E-state index is 12.4. The first-order valence-electron chi connectivity index (χ1n) is 8.44. The Hall–Kier alpha value is -2.45. The summed E-state index contributed by atoms with van der Waals surface area (Å²) < 4.78 is 6.35. The van der Waals surface area contributed by atoms with Crippen LogP contribution >= 0.6 is 0 Å². The van der Waals surface area contributed by atoms with Crippen molar-refractivity contribution in [3.63, 3.8) is 0 Å². The molecule has 0 atom stereocenters. The second kappa shape index (κ2) is 8.09. The Kier molecular flexibility index (Phi) is 5.62. The van der Waals surface area contributed by atoms with Gasteiger partial charge < -0.3 is 15.0 Å². The van der Waals surface area contributed by atoms with Crippen LogP contribution in [0.4, 0.5) is 0 Å². The molecule has 1 aromatic heterocycles. The molecule has 1 fully saturated rings. The van der Waals surface area contributed by atoms with E-state index < -0.39 is 5.69 Å². The van der Waals surface area contributed by atoms with Crippen LogP contribution in [0.3, 0.4) is 0 Å². The summed E-state index contributed by atoms with van der Waals surface area (Å²) in [5, 5.41) is 3.27. The van der Waals surface area contributed by atoms with Gasteiger partial charge >= 0.3 is 5.69 Å². The number of hydrogen-bond acceptors (Lipinski definition) is 5. The molecular formula is C17H22N4O4. The van der Waals surface area contributed by atoms with E-state index in [0.29, 0.717) is 17.4 Å². The smallest absolute Gasteiger partial charge is 0.328 e. The number of nitrogens with zero attached hydrogens (tertiary/aromatic N) is 2. The molecule has 0 aliphatic carbocycles. The molecule has 2 heterocycles. The summed E-state index contributed by atoms with van der Waals surface area (Å²) in [6, 6.07) is 6.84. The summed E-state index contributed by atoms with van der Waals surface area (Å²) >= 11 is 0. The second-order valence-corrected chi connectivity index (χ2v) is 5.99. The van der Waals surface area contributed by atoms with Gasteiger partial charge in [0.05, 0.1) is 24.1 Å². The van der Waals surface area contributed by atoms with Gasteiger partial charge in [0.1, 0.15) is 0 Å². The summed E-state index contributed by atoms with van der Waals surface area (Å²) in [6.07, 6.45) is 0.0877. The van der Waals surface area contributed by atoms with E-state index in [0.717, 1.165) is 37.4 Å². The first-order chi connectivity index (χ1) is 12.1. The molecule has 1 amide bonds. The van der Waals surface area contributed by atoms with Crippen molar-refractivity contribution in [3.05, 3.63) is 45.1 Å². The third-order valence-corrected chi connectivity index (χ3v) is 4.31. The third-order valence-electron chi connectivity index (χ3n) is 4.31. The maximum Gasteiger partial charge on any atom is 0.328 e. The normalized spacial score (nSPS) is 15.4. The van der Waals surface area contributed by atoms with Crippen LogP contribution in [0.15, 0.2) is 33.9 Å². The highest BCUT2D eigenvalue weighted by molar-refractivity contribution is 5.77. The molecule has 1 aliphatic heterocycles. The molecule has 0 spiro atoms. The van der Waals surface area contributed by atoms with Gasteiger partial charge in [-0.3, -0.25) is 19.1 Å². The van der Waals surface area contributed by atoms with E-state index >= 15 is 0 Å². The first kappa shape index (κ1) is 17.4. The van der Waals surface area contributed by atoms with E-state index in [1.807, 2.05) is 0 Å². The predicted molar refractivity (Wildman–Crippen MR) is 93.7 cm³/mol. The van der Waals surface area contributed by atoms with Crippen LogP contribution in [0.1, 0.15) is 6.42 Å². The molecular weight excluding hydrogens is 324 g/mol. The zero-order valence-corrected chi connectivity index (χ0v) is 14.0. The van der Waals surface area contributed by atoms with Crippen molar-refractivity contribution in [1.82, 2.24) is 19.8 Å². The number of hydrogen-bond donors (Lipinski definition) is 2. The molecule has 2 aromatic rings. The van der Waals surface area contributed by atoms with Crippen LogP contribution in [0.5, 0.6) is 0 Å². The fourth-order valence-corrected chi connectivity index (χ4v) is 2.88. The van der Waals surface area contributed by atoms with E-state index in [1.54, 1.807) is 24.3 Å². The average molecular weight is 346 g/mol. The molecule has 0 unspecified atom stereocenters. The third kappa shape index (κ3) is 4.34. The Bertz CT molecular complexity index is 852. The topological polar surface area (TPSA) is 96.4 Å². The number of para-hydroxylation sites is 1. The SMILES string of the molecule is O=C(CCn1c(=O)[nH]c2ccccc2c1=O)NCCN1CCOCC1. The van der Waals surface area contributed by atoms with Gasteiger partial charge in [-0.15, -0.1) is 0 Å². The molecule has 1 aliphatic rings. The molecule has 0 radical (unpaired) electrons. The van der Waals surface area contributed by atoms with E-state index in [9.17, 15) is 14.4 Å². The molecule has 0 bridgehead atoms. The van der Waals surface area contributed by atoms with Gasteiger partial charge in [-0.2, -0.15) is 0 Å². The van der Waals surface area contributed by atoms with Crippen LogP contribution < -0.4 is 16.6 Å². The molecule has 1 saturated heterocycles. The number of aromatic amines is 1. The largest absolute Gasteiger partial charge is 0.379 e. The fraction of sp³-hybridized carbons (Fsp3) is 0.471. The van der Waals surface area contributed by atoms with Crippen LogP contribution in [0.2, 0.25) is 0 Å². The summed E-state index contributed by atoms with van der Waals surface area (Å²) in [5.41, 5.74) is -0.367. The molecule has 2 N–H and O–H groups in total. The highest BCUT2D eigenvalue weighted by atomic mass is 16.5. The Morgan fingerprint density at radius 2 is 1.92 bits per heavy atom. The standard InChI is InChI=1S/C17H22N4O4/c22-15(18-6-8-20-9-11-25-12-10-20)5-7-21-16(23)13-3-1-2-4-14(13)19-17(21)24/h1-4H,5-12H2,(H,18,22)(H,19,24). The minimum Gasteiger partial charge on any atom is -0.379 e. The van der Waals surface area contributed by atoms with Crippen molar-refractivity contribution < 1.29 is 9.53 Å². The number of amides is 1. The van der Waals surface area contributed by atoms with Crippen molar-refractivity contribution >= 4 is 16.8 Å². The highest BCUT2D eigenvalue weighted by Crippen LogP contribution is 2.03. The molecule has 134 valence electrons. The quantitative estimate of drug-likeness (QED) is 0.737. The van der Waals surface area contributed by atoms with Crippen molar-refractivity contribution in [1.29, 1.82) is 0 Å². The predicted octanol–water partition coefficient (Wildman–Crippen LogP) is -0.472. The number of aromatic nitrogens is 2. The molecule has 0 saturated carbocycles. The van der Waals surface area contributed by atoms with E-state index in [4.69, 9.17) is 4.74 Å². The van der Waals surface area contributed by atoms with Crippen LogP contribution in [-0.4, -0.2) is 59.8 Å². The Balaban J connectivity index is 1.54. The first-order valence-corrected chi connectivity index (χ1v) is 8.44. The van der Waals surface area contributed by atoms with Gasteiger partial charge in [-0.1, -0.05) is 12.1 Å². The Morgan fingerprint density at radius 3 is 2.72 bits per heavy atom. The van der Waals surface area contributed by atoms with Crippen molar-refractivity contribution in [2.75, 3.05) is 39.4 Å². The molecule has 1 aromatic carbocycles. The number of morpholine rings is 1. The Labute approximate surface area is 144 Å². The fourth-order valence-electron chi connectivity index (χ4n) is 2.88. The lowest BCUT2D eigenvalue weighted by Crippen LogP contribution is -2.42. The van der Waals surface area contributed by atoms with E-state index in [2.05, 4.69) is 15.2 Å². The number of carbonyl (C=O) groups is 1. The molecule has 8 heteroatoms. The minimum atomic E-state index is -0.496. The van der Waals surface area contributed by atoms with Crippen molar-refractivity contribution in [2.24, 2.45) is 0 Å². The zero-order valence-electron chi connectivity index (χ0n) is 14.0. The van der Waals surface area contributed by atoms with Crippen LogP contribution in [-0.2, 0) is 16.1 Å². The number of H-pyrrole nitrogens is 1. The van der Waals surface area contributed by atoms with Crippen LogP contribution in [0, 0.1) is 0 Å². The lowest BCUT2D eigenvalue weighted by Gasteiger charge is -2.26. The number of ether oxygens (including phenoxy) is 1. The number of benzene rings is 1. The van der Waals surface area contributed by atoms with E-state index in [1.165, 1.54) is 0 Å². The molecule has 8 nitrogen and oxygen atoms in total. The lowest BCUT2D eigenvalue weighted by molar-refractivity contribution is -0.121. The van der Waals surface area contributed by atoms with E-state index in [-0.39, 0.29) is 24.4 Å². The summed E-state index contributed by atoms with van der Waals surface area (Å²) in [4.78, 5) is 41.3. The lowest BCUT2D eigenvalue weighted by atomic mass is 10.2. The number of fused-ring (bicyclic) bond motifs is 1. The monoisotopic (exact) mass is 346 g/mol. The number of nitrogens with one attached hydrogen (secondary N) is 2. The second-order valence-electron chi connectivity index (χ2n) is 5.99. The molecule has 3 rings (SSSR count). The van der Waals surface area contributed by atoms with Gasteiger partial charge in [0.25, 0.3) is 5.56 Å². The Morgan fingerprint density at radius 1 is 1.16 bits per heavy atom. The number of carbonyl (C=O) groups excluding carboxylic acids is 1. The summed E-state index contributed by atoms with van der Waals surface area (Å²) in [7, 11) is 0. The van der Waals surface area contributed by atoms with Gasteiger partial charge in [0, 0.05) is 39.1 Å². The van der Waals surface area contributed by atoms with Crippen molar-refractivity contribution in [3.8, 4) is 0 Å². The van der Waals surface area contributed by atoms with Crippen LogP contribution in [0.25, 0.3) is 10.9 Å². The van der Waals surface area contributed by atoms with Gasteiger partial charge in [0.15, 0.2) is 0 Å². The summed E-state index contributed by atoms with van der Waals surface area (Å²) in [6.45, 7) is 4.56. The maximum absolute atomic E-state index is 12.4. The zero-order chi connectivity index (χ0) is 17.6. The van der Waals surface area contributed by atoms with Gasteiger partial charge in [-0.05, 0) is 12.1 Å². The van der Waals surface area contributed by atoms with Gasteiger partial charge in [-0.25, -0.2) is 4.79 Å². The minimum absolute atomic E-state index is 0.0579. The molecule has 25 heavy (non-hydrogen) atoms. The highest BCUT2D eigenvalue weighted by Gasteiger charge is 2.11.